The standard InChI is InChI=1S/C23H21FN4O2S/c1-15-13-16(2)26-23(25-15)31-14-18-3-8-19(9-4-18)22(30)28-27-21(29)12-7-17-5-10-20(24)11-6-17/h3-13H,14H2,1-2H3,(H,27,29)(H,28,30)/b12-7+. The molecule has 8 heteroatoms. The molecule has 0 aliphatic heterocycles. The Labute approximate surface area is 184 Å². The topological polar surface area (TPSA) is 84.0 Å². The van der Waals surface area contributed by atoms with Crippen LogP contribution in [0.15, 0.2) is 65.8 Å². The summed E-state index contributed by atoms with van der Waals surface area (Å²) in [6.45, 7) is 3.87. The lowest BCUT2D eigenvalue weighted by Crippen LogP contribution is -2.40. The third-order valence-corrected chi connectivity index (χ3v) is 5.06. The average molecular weight is 437 g/mol. The first-order chi connectivity index (χ1) is 14.9. The lowest BCUT2D eigenvalue weighted by molar-refractivity contribution is -0.117. The molecule has 2 N–H and O–H groups in total. The van der Waals surface area contributed by atoms with Crippen molar-refractivity contribution in [2.24, 2.45) is 0 Å². The van der Waals surface area contributed by atoms with Crippen molar-refractivity contribution in [1.82, 2.24) is 20.8 Å². The number of halogens is 1. The third kappa shape index (κ3) is 7.04. The molecule has 0 radical (unpaired) electrons. The number of hydrogen-bond acceptors (Lipinski definition) is 5. The minimum absolute atomic E-state index is 0.350. The van der Waals surface area contributed by atoms with Crippen molar-refractivity contribution in [2.45, 2.75) is 24.8 Å². The van der Waals surface area contributed by atoms with Gasteiger partial charge in [-0.05, 0) is 61.4 Å². The van der Waals surface area contributed by atoms with E-state index in [9.17, 15) is 14.0 Å². The smallest absolute Gasteiger partial charge is 0.268 e. The zero-order valence-corrected chi connectivity index (χ0v) is 17.9. The number of aryl methyl sites for hydroxylation is 2. The highest BCUT2D eigenvalue weighted by Gasteiger charge is 2.07. The fourth-order valence-electron chi connectivity index (χ4n) is 2.64. The fourth-order valence-corrected chi connectivity index (χ4v) is 3.54. The van der Waals surface area contributed by atoms with Gasteiger partial charge < -0.3 is 0 Å². The lowest BCUT2D eigenvalue weighted by atomic mass is 10.1. The van der Waals surface area contributed by atoms with Crippen LogP contribution in [0.1, 0.15) is 32.9 Å². The molecule has 0 saturated heterocycles. The summed E-state index contributed by atoms with van der Waals surface area (Å²) in [7, 11) is 0. The second-order valence-corrected chi connectivity index (χ2v) is 7.69. The Bertz CT molecular complexity index is 1080. The summed E-state index contributed by atoms with van der Waals surface area (Å²) in [6.07, 6.45) is 2.77. The maximum absolute atomic E-state index is 12.9. The first-order valence-electron chi connectivity index (χ1n) is 9.47. The number of hydrogen-bond donors (Lipinski definition) is 2. The molecule has 1 heterocycles. The van der Waals surface area contributed by atoms with Gasteiger partial charge in [0.15, 0.2) is 5.16 Å². The summed E-state index contributed by atoms with van der Waals surface area (Å²) < 4.78 is 12.9. The van der Waals surface area contributed by atoms with E-state index in [-0.39, 0.29) is 5.82 Å². The number of rotatable bonds is 6. The normalized spacial score (nSPS) is 10.8. The van der Waals surface area contributed by atoms with Gasteiger partial charge in [-0.15, -0.1) is 0 Å². The van der Waals surface area contributed by atoms with Crippen molar-refractivity contribution >= 4 is 29.7 Å². The lowest BCUT2D eigenvalue weighted by Gasteiger charge is -2.07. The van der Waals surface area contributed by atoms with E-state index in [1.54, 1.807) is 24.3 Å². The van der Waals surface area contributed by atoms with Crippen LogP contribution in [0.5, 0.6) is 0 Å². The summed E-state index contributed by atoms with van der Waals surface area (Å²) in [5.41, 5.74) is 8.64. The molecule has 0 bridgehead atoms. The predicted molar refractivity (Wildman–Crippen MR) is 119 cm³/mol. The van der Waals surface area contributed by atoms with Gasteiger partial charge in [-0.3, -0.25) is 20.4 Å². The number of aromatic nitrogens is 2. The monoisotopic (exact) mass is 436 g/mol. The van der Waals surface area contributed by atoms with E-state index in [2.05, 4.69) is 20.8 Å². The van der Waals surface area contributed by atoms with Gasteiger partial charge in [-0.2, -0.15) is 0 Å². The highest BCUT2D eigenvalue weighted by molar-refractivity contribution is 7.98. The molecule has 6 nitrogen and oxygen atoms in total. The number of benzene rings is 2. The minimum atomic E-state index is -0.501. The van der Waals surface area contributed by atoms with Crippen molar-refractivity contribution in [1.29, 1.82) is 0 Å². The SMILES string of the molecule is Cc1cc(C)nc(SCc2ccc(C(=O)NNC(=O)/C=C/c3ccc(F)cc3)cc2)n1. The second kappa shape index (κ2) is 10.5. The van der Waals surface area contributed by atoms with Crippen LogP contribution in [0, 0.1) is 19.7 Å². The Morgan fingerprint density at radius 2 is 1.61 bits per heavy atom. The highest BCUT2D eigenvalue weighted by Crippen LogP contribution is 2.20. The number of nitrogens with one attached hydrogen (secondary N) is 2. The van der Waals surface area contributed by atoms with Crippen LogP contribution in [-0.4, -0.2) is 21.8 Å². The first kappa shape index (κ1) is 22.2. The van der Waals surface area contributed by atoms with Gasteiger partial charge in [0.05, 0.1) is 0 Å². The van der Waals surface area contributed by atoms with Crippen LogP contribution in [0.25, 0.3) is 6.08 Å². The van der Waals surface area contributed by atoms with Crippen molar-refractivity contribution in [2.75, 3.05) is 0 Å². The zero-order valence-electron chi connectivity index (χ0n) is 17.1. The van der Waals surface area contributed by atoms with Gasteiger partial charge in [0.2, 0.25) is 0 Å². The molecule has 2 aromatic carbocycles. The highest BCUT2D eigenvalue weighted by atomic mass is 32.2. The van der Waals surface area contributed by atoms with Crippen LogP contribution >= 0.6 is 11.8 Å². The van der Waals surface area contributed by atoms with Crippen LogP contribution < -0.4 is 10.9 Å². The van der Waals surface area contributed by atoms with Crippen LogP contribution in [0.2, 0.25) is 0 Å². The largest absolute Gasteiger partial charge is 0.269 e. The summed E-state index contributed by atoms with van der Waals surface area (Å²) in [6, 6.07) is 14.7. The number of hydrazine groups is 1. The number of nitrogens with zero attached hydrogens (tertiary/aromatic N) is 2. The van der Waals surface area contributed by atoms with Crippen molar-refractivity contribution in [3.8, 4) is 0 Å². The van der Waals surface area contributed by atoms with Crippen molar-refractivity contribution in [3.05, 3.63) is 94.6 Å². The minimum Gasteiger partial charge on any atom is -0.268 e. The summed E-state index contributed by atoms with van der Waals surface area (Å²) >= 11 is 1.53. The van der Waals surface area contributed by atoms with E-state index < -0.39 is 11.8 Å². The number of amides is 2. The molecule has 0 unspecified atom stereocenters. The Hall–Kier alpha value is -3.52. The molecule has 31 heavy (non-hydrogen) atoms. The maximum Gasteiger partial charge on any atom is 0.269 e. The van der Waals surface area contributed by atoms with Gasteiger partial charge in [0.25, 0.3) is 11.8 Å². The molecule has 0 aliphatic carbocycles. The Balaban J connectivity index is 1.48. The first-order valence-corrected chi connectivity index (χ1v) is 10.5. The zero-order chi connectivity index (χ0) is 22.2. The predicted octanol–water partition coefficient (Wildman–Crippen LogP) is 4.00. The fraction of sp³-hybridized carbons (Fsp3) is 0.130. The molecule has 0 atom stereocenters. The molecule has 0 fully saturated rings. The molecular weight excluding hydrogens is 415 g/mol. The molecule has 2 amide bonds. The van der Waals surface area contributed by atoms with Crippen LogP contribution in [0.4, 0.5) is 4.39 Å². The molecule has 0 saturated carbocycles. The van der Waals surface area contributed by atoms with Gasteiger partial charge in [0.1, 0.15) is 5.82 Å². The third-order valence-electron chi connectivity index (χ3n) is 4.14. The second-order valence-electron chi connectivity index (χ2n) is 6.75. The van der Waals surface area contributed by atoms with Gasteiger partial charge in [-0.25, -0.2) is 14.4 Å². The molecule has 158 valence electrons. The van der Waals surface area contributed by atoms with Gasteiger partial charge in [-0.1, -0.05) is 36.0 Å². The molecule has 3 aromatic rings. The Morgan fingerprint density at radius 1 is 0.968 bits per heavy atom. The Morgan fingerprint density at radius 3 is 2.26 bits per heavy atom. The van der Waals surface area contributed by atoms with E-state index in [0.717, 1.165) is 22.1 Å². The van der Waals surface area contributed by atoms with E-state index in [0.29, 0.717) is 16.9 Å². The number of thioether (sulfide) groups is 1. The summed E-state index contributed by atoms with van der Waals surface area (Å²) in [4.78, 5) is 32.8. The maximum atomic E-state index is 12.9. The van der Waals surface area contributed by atoms with Gasteiger partial charge in [0, 0.05) is 28.8 Å². The molecule has 3 rings (SSSR count). The van der Waals surface area contributed by atoms with Crippen LogP contribution in [-0.2, 0) is 10.5 Å². The number of carbonyl (C=O) groups excluding carboxylic acids is 2. The molecule has 0 spiro atoms. The van der Waals surface area contributed by atoms with E-state index in [1.807, 2.05) is 32.0 Å². The molecule has 1 aromatic heterocycles. The summed E-state index contributed by atoms with van der Waals surface area (Å²) in [5, 5.41) is 0.718. The average Bonchev–Trinajstić information content (AvgIpc) is 2.75. The van der Waals surface area contributed by atoms with E-state index in [1.165, 1.54) is 36.0 Å². The van der Waals surface area contributed by atoms with E-state index >= 15 is 0 Å². The Kier molecular flexibility index (Phi) is 7.50. The summed E-state index contributed by atoms with van der Waals surface area (Å²) in [5.74, 6) is -0.605. The van der Waals surface area contributed by atoms with E-state index in [4.69, 9.17) is 0 Å². The quantitative estimate of drug-likeness (QED) is 0.264. The number of carbonyl (C=O) groups is 2. The molecular formula is C23H21FN4O2S. The van der Waals surface area contributed by atoms with Crippen molar-refractivity contribution < 1.29 is 14.0 Å². The molecule has 0 aliphatic rings. The van der Waals surface area contributed by atoms with Crippen LogP contribution in [0.3, 0.4) is 0 Å². The van der Waals surface area contributed by atoms with Gasteiger partial charge >= 0.3 is 0 Å². The van der Waals surface area contributed by atoms with Crippen molar-refractivity contribution in [3.63, 3.8) is 0 Å².